The maximum absolute atomic E-state index is 12.6. The molecule has 1 aromatic heterocycles. The molecule has 0 atom stereocenters. The lowest BCUT2D eigenvalue weighted by atomic mass is 10.1. The van der Waals surface area contributed by atoms with Crippen LogP contribution in [-0.4, -0.2) is 49.1 Å². The van der Waals surface area contributed by atoms with E-state index in [2.05, 4.69) is 35.0 Å². The van der Waals surface area contributed by atoms with Crippen LogP contribution in [-0.2, 0) is 11.2 Å². The maximum Gasteiger partial charge on any atom is 0.223 e. The number of anilines is 1. The molecule has 1 saturated heterocycles. The number of hydrogen-bond acceptors (Lipinski definition) is 4. The Balaban J connectivity index is 1.52. The van der Waals surface area contributed by atoms with Gasteiger partial charge in [-0.05, 0) is 49.1 Å². The number of ether oxygens (including phenoxy) is 1. The molecule has 26 heavy (non-hydrogen) atoms. The van der Waals surface area contributed by atoms with Crippen molar-refractivity contribution in [2.75, 3.05) is 38.2 Å². The molecule has 0 radical (unpaired) electrons. The molecule has 3 rings (SSSR count). The van der Waals surface area contributed by atoms with Crippen LogP contribution >= 0.6 is 0 Å². The number of piperazine rings is 1. The van der Waals surface area contributed by atoms with E-state index in [1.54, 1.807) is 7.11 Å². The standard InChI is InChI=1S/C21H27N3O2/c1-16-4-5-18(14-20(16)26-3)6-7-21(25)24-12-10-23(11-13-24)19-8-9-22-15-17(19)2/h4-5,8-9,14-15H,6-7,10-13H2,1-3H3. The van der Waals surface area contributed by atoms with Crippen LogP contribution in [0.15, 0.2) is 36.7 Å². The molecule has 1 aliphatic heterocycles. The van der Waals surface area contributed by atoms with Crippen molar-refractivity contribution in [1.82, 2.24) is 9.88 Å². The molecular weight excluding hydrogens is 326 g/mol. The fourth-order valence-electron chi connectivity index (χ4n) is 3.45. The SMILES string of the molecule is COc1cc(CCC(=O)N2CCN(c3ccncc3C)CC2)ccc1C. The molecular formula is C21H27N3O2. The van der Waals surface area contributed by atoms with E-state index >= 15 is 0 Å². The molecule has 0 unspecified atom stereocenters. The number of carbonyl (C=O) groups is 1. The number of rotatable bonds is 5. The second-order valence-corrected chi connectivity index (χ2v) is 6.83. The van der Waals surface area contributed by atoms with Gasteiger partial charge in [-0.3, -0.25) is 9.78 Å². The van der Waals surface area contributed by atoms with E-state index in [-0.39, 0.29) is 5.91 Å². The Hall–Kier alpha value is -2.56. The van der Waals surface area contributed by atoms with Gasteiger partial charge in [0.2, 0.25) is 5.91 Å². The number of benzene rings is 1. The van der Waals surface area contributed by atoms with E-state index in [0.29, 0.717) is 6.42 Å². The summed E-state index contributed by atoms with van der Waals surface area (Å²) in [5.41, 5.74) is 4.66. The molecule has 2 aromatic rings. The smallest absolute Gasteiger partial charge is 0.223 e. The number of aryl methyl sites for hydroxylation is 3. The molecule has 1 aromatic carbocycles. The van der Waals surface area contributed by atoms with Crippen LogP contribution in [0.3, 0.4) is 0 Å². The molecule has 1 fully saturated rings. The normalized spacial score (nSPS) is 14.4. The van der Waals surface area contributed by atoms with Crippen LogP contribution in [0.1, 0.15) is 23.1 Å². The van der Waals surface area contributed by atoms with E-state index in [1.165, 1.54) is 11.3 Å². The van der Waals surface area contributed by atoms with Gasteiger partial charge in [-0.25, -0.2) is 0 Å². The lowest BCUT2D eigenvalue weighted by molar-refractivity contribution is -0.131. The van der Waals surface area contributed by atoms with Crippen molar-refractivity contribution in [2.45, 2.75) is 26.7 Å². The highest BCUT2D eigenvalue weighted by molar-refractivity contribution is 5.77. The first kappa shape index (κ1) is 18.2. The zero-order chi connectivity index (χ0) is 18.5. The largest absolute Gasteiger partial charge is 0.496 e. The highest BCUT2D eigenvalue weighted by Gasteiger charge is 2.21. The first-order chi connectivity index (χ1) is 12.6. The van der Waals surface area contributed by atoms with Gasteiger partial charge in [0, 0.05) is 50.7 Å². The molecule has 138 valence electrons. The number of hydrogen-bond donors (Lipinski definition) is 0. The molecule has 0 aliphatic carbocycles. The second kappa shape index (κ2) is 8.21. The number of nitrogens with zero attached hydrogens (tertiary/aromatic N) is 3. The molecule has 0 bridgehead atoms. The third-order valence-electron chi connectivity index (χ3n) is 5.06. The van der Waals surface area contributed by atoms with Gasteiger partial charge in [-0.1, -0.05) is 12.1 Å². The fraction of sp³-hybridized carbons (Fsp3) is 0.429. The molecule has 2 heterocycles. The molecule has 1 aliphatic rings. The van der Waals surface area contributed by atoms with Gasteiger partial charge in [-0.2, -0.15) is 0 Å². The average molecular weight is 353 g/mol. The zero-order valence-electron chi connectivity index (χ0n) is 15.9. The Bertz CT molecular complexity index is 768. The summed E-state index contributed by atoms with van der Waals surface area (Å²) in [6, 6.07) is 8.22. The van der Waals surface area contributed by atoms with Crippen LogP contribution in [0.25, 0.3) is 0 Å². The predicted octanol–water partition coefficient (Wildman–Crippen LogP) is 2.99. The Morgan fingerprint density at radius 3 is 2.58 bits per heavy atom. The highest BCUT2D eigenvalue weighted by atomic mass is 16.5. The summed E-state index contributed by atoms with van der Waals surface area (Å²) < 4.78 is 5.37. The molecule has 0 spiro atoms. The van der Waals surface area contributed by atoms with Crippen molar-refractivity contribution >= 4 is 11.6 Å². The van der Waals surface area contributed by atoms with Gasteiger partial charge < -0.3 is 14.5 Å². The van der Waals surface area contributed by atoms with Crippen molar-refractivity contribution in [1.29, 1.82) is 0 Å². The van der Waals surface area contributed by atoms with Gasteiger partial charge in [0.15, 0.2) is 0 Å². The van der Waals surface area contributed by atoms with Crippen LogP contribution in [0, 0.1) is 13.8 Å². The molecule has 1 amide bonds. The third kappa shape index (κ3) is 4.15. The van der Waals surface area contributed by atoms with Gasteiger partial charge in [-0.15, -0.1) is 0 Å². The summed E-state index contributed by atoms with van der Waals surface area (Å²) in [5.74, 6) is 1.12. The molecule has 0 saturated carbocycles. The summed E-state index contributed by atoms with van der Waals surface area (Å²) >= 11 is 0. The van der Waals surface area contributed by atoms with Gasteiger partial charge in [0.05, 0.1) is 7.11 Å². The summed E-state index contributed by atoms with van der Waals surface area (Å²) in [7, 11) is 1.68. The van der Waals surface area contributed by atoms with Crippen molar-refractivity contribution in [3.05, 3.63) is 53.3 Å². The van der Waals surface area contributed by atoms with Crippen molar-refractivity contribution < 1.29 is 9.53 Å². The summed E-state index contributed by atoms with van der Waals surface area (Å²) in [6.45, 7) is 7.40. The van der Waals surface area contributed by atoms with Crippen molar-refractivity contribution in [3.8, 4) is 5.75 Å². The van der Waals surface area contributed by atoms with Gasteiger partial charge in [0.25, 0.3) is 0 Å². The minimum Gasteiger partial charge on any atom is -0.496 e. The number of methoxy groups -OCH3 is 1. The maximum atomic E-state index is 12.6. The Morgan fingerprint density at radius 1 is 1.12 bits per heavy atom. The van der Waals surface area contributed by atoms with E-state index in [1.807, 2.05) is 30.3 Å². The van der Waals surface area contributed by atoms with Gasteiger partial charge >= 0.3 is 0 Å². The molecule has 0 N–H and O–H groups in total. The average Bonchev–Trinajstić information content (AvgIpc) is 2.67. The van der Waals surface area contributed by atoms with Crippen LogP contribution < -0.4 is 9.64 Å². The second-order valence-electron chi connectivity index (χ2n) is 6.83. The topological polar surface area (TPSA) is 45.7 Å². The van der Waals surface area contributed by atoms with E-state index in [0.717, 1.165) is 49.5 Å². The predicted molar refractivity (Wildman–Crippen MR) is 104 cm³/mol. The first-order valence-corrected chi connectivity index (χ1v) is 9.15. The number of carbonyl (C=O) groups excluding carboxylic acids is 1. The van der Waals surface area contributed by atoms with E-state index in [4.69, 9.17) is 4.74 Å². The summed E-state index contributed by atoms with van der Waals surface area (Å²) in [6.07, 6.45) is 5.01. The summed E-state index contributed by atoms with van der Waals surface area (Å²) in [5, 5.41) is 0. The lowest BCUT2D eigenvalue weighted by Gasteiger charge is -2.36. The molecule has 5 heteroatoms. The minimum atomic E-state index is 0.232. The first-order valence-electron chi connectivity index (χ1n) is 9.15. The Labute approximate surface area is 155 Å². The zero-order valence-corrected chi connectivity index (χ0v) is 15.9. The molecule has 5 nitrogen and oxygen atoms in total. The number of pyridine rings is 1. The van der Waals surface area contributed by atoms with E-state index < -0.39 is 0 Å². The highest BCUT2D eigenvalue weighted by Crippen LogP contribution is 2.22. The van der Waals surface area contributed by atoms with Crippen LogP contribution in [0.4, 0.5) is 5.69 Å². The lowest BCUT2D eigenvalue weighted by Crippen LogP contribution is -2.49. The van der Waals surface area contributed by atoms with Gasteiger partial charge in [0.1, 0.15) is 5.75 Å². The number of amides is 1. The monoisotopic (exact) mass is 353 g/mol. The third-order valence-corrected chi connectivity index (χ3v) is 5.06. The minimum absolute atomic E-state index is 0.232. The van der Waals surface area contributed by atoms with Crippen molar-refractivity contribution in [2.24, 2.45) is 0 Å². The van der Waals surface area contributed by atoms with Crippen LogP contribution in [0.5, 0.6) is 5.75 Å². The summed E-state index contributed by atoms with van der Waals surface area (Å²) in [4.78, 5) is 21.0. The van der Waals surface area contributed by atoms with Crippen LogP contribution in [0.2, 0.25) is 0 Å². The quantitative estimate of drug-likeness (QED) is 0.829. The van der Waals surface area contributed by atoms with E-state index in [9.17, 15) is 4.79 Å². The fourth-order valence-corrected chi connectivity index (χ4v) is 3.45. The Morgan fingerprint density at radius 2 is 1.88 bits per heavy atom. The Kier molecular flexibility index (Phi) is 5.76. The number of aromatic nitrogens is 1. The van der Waals surface area contributed by atoms with Crippen molar-refractivity contribution in [3.63, 3.8) is 0 Å².